The topological polar surface area (TPSA) is 66.4 Å². The van der Waals surface area contributed by atoms with Crippen LogP contribution in [0.1, 0.15) is 31.4 Å². The van der Waals surface area contributed by atoms with Gasteiger partial charge in [0.2, 0.25) is 10.0 Å². The largest absolute Gasteiger partial charge is 0.395 e. The van der Waals surface area contributed by atoms with Gasteiger partial charge < -0.3 is 5.11 Å². The summed E-state index contributed by atoms with van der Waals surface area (Å²) in [6.45, 7) is 3.57. The molecule has 0 aliphatic heterocycles. The van der Waals surface area contributed by atoms with E-state index in [0.717, 1.165) is 24.8 Å². The molecule has 0 aromatic heterocycles. The Morgan fingerprint density at radius 2 is 1.95 bits per heavy atom. The maximum atomic E-state index is 12.3. The van der Waals surface area contributed by atoms with Crippen LogP contribution in [0.4, 0.5) is 0 Å². The van der Waals surface area contributed by atoms with Crippen molar-refractivity contribution in [3.63, 3.8) is 0 Å². The van der Waals surface area contributed by atoms with Crippen molar-refractivity contribution in [1.82, 2.24) is 4.72 Å². The van der Waals surface area contributed by atoms with Gasteiger partial charge in [0.05, 0.1) is 11.5 Å². The van der Waals surface area contributed by atoms with Gasteiger partial charge in [-0.1, -0.05) is 19.9 Å². The lowest BCUT2D eigenvalue weighted by Gasteiger charge is -2.20. The predicted molar refractivity (Wildman–Crippen MR) is 74.5 cm³/mol. The van der Waals surface area contributed by atoms with E-state index in [1.165, 1.54) is 5.56 Å². The third-order valence-corrected chi connectivity index (χ3v) is 5.18. The number of sulfonamides is 1. The molecular formula is C14H21NO3S. The summed E-state index contributed by atoms with van der Waals surface area (Å²) in [6.07, 6.45) is 3.08. The minimum absolute atomic E-state index is 0.0502. The molecule has 1 aliphatic rings. The fraction of sp³-hybridized carbons (Fsp3) is 0.571. The van der Waals surface area contributed by atoms with Crippen LogP contribution in [0.3, 0.4) is 0 Å². The lowest BCUT2D eigenvalue weighted by atomic mass is 10.1. The van der Waals surface area contributed by atoms with Gasteiger partial charge in [0, 0.05) is 6.04 Å². The molecule has 0 heterocycles. The SMILES string of the molecule is CC(C)[C@@H](CO)NS(=O)(=O)c1ccc2c(c1)CCC2. The molecule has 0 spiro atoms. The average molecular weight is 283 g/mol. The molecule has 2 rings (SSSR count). The highest BCUT2D eigenvalue weighted by atomic mass is 32.2. The Labute approximate surface area is 114 Å². The van der Waals surface area contributed by atoms with E-state index in [4.69, 9.17) is 0 Å². The molecule has 1 atom stereocenters. The van der Waals surface area contributed by atoms with Crippen LogP contribution in [0.15, 0.2) is 23.1 Å². The van der Waals surface area contributed by atoms with E-state index in [1.54, 1.807) is 12.1 Å². The number of hydrogen-bond donors (Lipinski definition) is 2. The van der Waals surface area contributed by atoms with Crippen LogP contribution in [0.2, 0.25) is 0 Å². The van der Waals surface area contributed by atoms with Crippen LogP contribution >= 0.6 is 0 Å². The highest BCUT2D eigenvalue weighted by Gasteiger charge is 2.23. The van der Waals surface area contributed by atoms with E-state index in [0.29, 0.717) is 4.90 Å². The summed E-state index contributed by atoms with van der Waals surface area (Å²) in [6, 6.07) is 4.87. The second-order valence-electron chi connectivity index (χ2n) is 5.44. The summed E-state index contributed by atoms with van der Waals surface area (Å²) in [4.78, 5) is 0.298. The molecule has 0 saturated heterocycles. The zero-order valence-corrected chi connectivity index (χ0v) is 12.2. The smallest absolute Gasteiger partial charge is 0.240 e. The van der Waals surface area contributed by atoms with E-state index in [2.05, 4.69) is 4.72 Å². The van der Waals surface area contributed by atoms with E-state index >= 15 is 0 Å². The highest BCUT2D eigenvalue weighted by Crippen LogP contribution is 2.24. The van der Waals surface area contributed by atoms with Gasteiger partial charge in [-0.2, -0.15) is 0 Å². The van der Waals surface area contributed by atoms with Crippen LogP contribution in [-0.2, 0) is 22.9 Å². The summed E-state index contributed by atoms with van der Waals surface area (Å²) in [7, 11) is -3.55. The van der Waals surface area contributed by atoms with Crippen LogP contribution < -0.4 is 4.72 Å². The zero-order valence-electron chi connectivity index (χ0n) is 11.4. The monoisotopic (exact) mass is 283 g/mol. The molecule has 0 fully saturated rings. The Morgan fingerprint density at radius 3 is 2.58 bits per heavy atom. The van der Waals surface area contributed by atoms with Gasteiger partial charge >= 0.3 is 0 Å². The standard InChI is InChI=1S/C14H21NO3S/c1-10(2)14(9-16)15-19(17,18)13-7-6-11-4-3-5-12(11)8-13/h6-8,10,14-16H,3-5,9H2,1-2H3/t14-/m1/s1. The van der Waals surface area contributed by atoms with Crippen LogP contribution in [0, 0.1) is 5.92 Å². The summed E-state index contributed by atoms with van der Waals surface area (Å²) in [5, 5.41) is 9.23. The molecule has 0 radical (unpaired) electrons. The van der Waals surface area contributed by atoms with E-state index in [-0.39, 0.29) is 12.5 Å². The molecule has 0 saturated carbocycles. The molecule has 0 bridgehead atoms. The number of aliphatic hydroxyl groups is 1. The normalized spacial score (nSPS) is 16.6. The Hall–Kier alpha value is -0.910. The first-order valence-corrected chi connectivity index (χ1v) is 8.17. The van der Waals surface area contributed by atoms with Gasteiger partial charge in [-0.15, -0.1) is 0 Å². The molecule has 5 heteroatoms. The predicted octanol–water partition coefficient (Wildman–Crippen LogP) is 1.47. The first-order valence-electron chi connectivity index (χ1n) is 6.69. The number of nitrogens with one attached hydrogen (secondary N) is 1. The maximum absolute atomic E-state index is 12.3. The maximum Gasteiger partial charge on any atom is 0.240 e. The summed E-state index contributed by atoms with van der Waals surface area (Å²) >= 11 is 0. The molecule has 1 aliphatic carbocycles. The Morgan fingerprint density at radius 1 is 1.26 bits per heavy atom. The van der Waals surface area contributed by atoms with Crippen molar-refractivity contribution in [2.24, 2.45) is 5.92 Å². The van der Waals surface area contributed by atoms with Gasteiger partial charge in [0.15, 0.2) is 0 Å². The van der Waals surface area contributed by atoms with Crippen LogP contribution in [0.5, 0.6) is 0 Å². The van der Waals surface area contributed by atoms with Crippen molar-refractivity contribution < 1.29 is 13.5 Å². The van der Waals surface area contributed by atoms with Crippen LogP contribution in [-0.4, -0.2) is 26.2 Å². The summed E-state index contributed by atoms with van der Waals surface area (Å²) in [5.41, 5.74) is 2.38. The van der Waals surface area contributed by atoms with Gasteiger partial charge in [0.1, 0.15) is 0 Å². The third kappa shape index (κ3) is 3.16. The van der Waals surface area contributed by atoms with E-state index in [9.17, 15) is 13.5 Å². The van der Waals surface area contributed by atoms with E-state index in [1.807, 2.05) is 19.9 Å². The third-order valence-electron chi connectivity index (χ3n) is 3.69. The number of hydrogen-bond acceptors (Lipinski definition) is 3. The fourth-order valence-corrected chi connectivity index (χ4v) is 3.79. The quantitative estimate of drug-likeness (QED) is 0.860. The number of aliphatic hydroxyl groups excluding tert-OH is 1. The average Bonchev–Trinajstić information content (AvgIpc) is 2.82. The van der Waals surface area contributed by atoms with Crippen molar-refractivity contribution in [2.75, 3.05) is 6.61 Å². The first-order chi connectivity index (χ1) is 8.94. The molecule has 1 aromatic rings. The molecule has 19 heavy (non-hydrogen) atoms. The van der Waals surface area contributed by atoms with Gasteiger partial charge in [-0.05, 0) is 48.4 Å². The highest BCUT2D eigenvalue weighted by molar-refractivity contribution is 7.89. The van der Waals surface area contributed by atoms with Crippen molar-refractivity contribution in [3.8, 4) is 0 Å². The molecular weight excluding hydrogens is 262 g/mol. The first kappa shape index (κ1) is 14.5. The molecule has 1 aromatic carbocycles. The lowest BCUT2D eigenvalue weighted by molar-refractivity contribution is 0.227. The van der Waals surface area contributed by atoms with Crippen LogP contribution in [0.25, 0.3) is 0 Å². The molecule has 0 amide bonds. The Kier molecular flexibility index (Phi) is 4.28. The van der Waals surface area contributed by atoms with Crippen molar-refractivity contribution in [2.45, 2.75) is 44.0 Å². The van der Waals surface area contributed by atoms with Crippen molar-refractivity contribution >= 4 is 10.0 Å². The molecule has 2 N–H and O–H groups in total. The Bertz CT molecular complexity index is 552. The summed E-state index contributed by atoms with van der Waals surface area (Å²) in [5.74, 6) is 0.0502. The minimum atomic E-state index is -3.55. The second kappa shape index (κ2) is 5.61. The summed E-state index contributed by atoms with van der Waals surface area (Å²) < 4.78 is 27.1. The Balaban J connectivity index is 2.24. The fourth-order valence-electron chi connectivity index (χ4n) is 2.37. The number of aryl methyl sites for hydroxylation is 2. The van der Waals surface area contributed by atoms with Gasteiger partial charge in [-0.3, -0.25) is 0 Å². The minimum Gasteiger partial charge on any atom is -0.395 e. The van der Waals surface area contributed by atoms with Crippen molar-refractivity contribution in [3.05, 3.63) is 29.3 Å². The van der Waals surface area contributed by atoms with E-state index < -0.39 is 16.1 Å². The number of fused-ring (bicyclic) bond motifs is 1. The molecule has 0 unspecified atom stereocenters. The zero-order chi connectivity index (χ0) is 14.0. The second-order valence-corrected chi connectivity index (χ2v) is 7.15. The number of rotatable bonds is 5. The van der Waals surface area contributed by atoms with Gasteiger partial charge in [-0.25, -0.2) is 13.1 Å². The molecule has 4 nitrogen and oxygen atoms in total. The van der Waals surface area contributed by atoms with Crippen molar-refractivity contribution in [1.29, 1.82) is 0 Å². The number of benzene rings is 1. The molecule has 106 valence electrons. The van der Waals surface area contributed by atoms with Gasteiger partial charge in [0.25, 0.3) is 0 Å². The lowest BCUT2D eigenvalue weighted by Crippen LogP contribution is -2.41.